The molecule has 2 N–H and O–H groups in total. The molecule has 0 bridgehead atoms. The van der Waals surface area contributed by atoms with Crippen LogP contribution < -0.4 is 5.32 Å². The van der Waals surface area contributed by atoms with Crippen molar-refractivity contribution >= 4 is 25.6 Å². The average Bonchev–Trinajstić information content (AvgIpc) is 3.06. The molecule has 1 aromatic heterocycles. The van der Waals surface area contributed by atoms with Crippen LogP contribution in [-0.2, 0) is 9.05 Å². The van der Waals surface area contributed by atoms with Crippen LogP contribution in [0.3, 0.4) is 0 Å². The molecule has 1 amide bonds. The highest BCUT2D eigenvalue weighted by Crippen LogP contribution is 2.43. The number of carbonyl (C=O) groups is 1. The Kier molecular flexibility index (Phi) is 4.15. The van der Waals surface area contributed by atoms with Gasteiger partial charge in [0.25, 0.3) is 15.0 Å². The zero-order valence-electron chi connectivity index (χ0n) is 10.6. The Morgan fingerprint density at radius 3 is 2.74 bits per heavy atom. The summed E-state index contributed by atoms with van der Waals surface area (Å²) in [6.07, 6.45) is 3.54. The number of rotatable bonds is 6. The van der Waals surface area contributed by atoms with Crippen LogP contribution in [-0.4, -0.2) is 31.1 Å². The second-order valence-corrected chi connectivity index (χ2v) is 7.14. The highest BCUT2D eigenvalue weighted by atomic mass is 35.7. The van der Waals surface area contributed by atoms with Gasteiger partial charge in [0, 0.05) is 23.1 Å². The maximum atomic E-state index is 11.9. The fraction of sp³-hybridized carbons (Fsp3) is 0.636. The summed E-state index contributed by atoms with van der Waals surface area (Å²) in [5.74, 6) is -0.385. The van der Waals surface area contributed by atoms with Gasteiger partial charge in [-0.25, -0.2) is 8.42 Å². The molecular weight excluding hydrogens is 290 g/mol. The maximum absolute atomic E-state index is 11.9. The third kappa shape index (κ3) is 3.27. The van der Waals surface area contributed by atoms with E-state index in [-0.39, 0.29) is 16.5 Å². The number of hydrogen-bond donors (Lipinski definition) is 2. The summed E-state index contributed by atoms with van der Waals surface area (Å²) in [5.41, 5.74) is 0.323. The molecule has 0 radical (unpaired) electrons. The first-order valence-corrected chi connectivity index (χ1v) is 8.57. The van der Waals surface area contributed by atoms with Gasteiger partial charge in [-0.2, -0.15) is 5.10 Å². The van der Waals surface area contributed by atoms with Gasteiger partial charge < -0.3 is 5.32 Å². The zero-order chi connectivity index (χ0) is 14.0. The van der Waals surface area contributed by atoms with Crippen molar-refractivity contribution in [3.05, 3.63) is 11.4 Å². The normalized spacial score (nSPS) is 15.5. The van der Waals surface area contributed by atoms with Gasteiger partial charge in [0.2, 0.25) is 0 Å². The van der Waals surface area contributed by atoms with E-state index in [1.807, 2.05) is 6.92 Å². The lowest BCUT2D eigenvalue weighted by molar-refractivity contribution is 0.0945. The lowest BCUT2D eigenvalue weighted by atomic mass is 10.2. The second-order valence-electron chi connectivity index (χ2n) is 4.64. The molecule has 1 fully saturated rings. The molecule has 1 aliphatic rings. The summed E-state index contributed by atoms with van der Waals surface area (Å²) in [7, 11) is 1.44. The fourth-order valence-electron chi connectivity index (χ4n) is 1.86. The average molecular weight is 306 g/mol. The van der Waals surface area contributed by atoms with Crippen molar-refractivity contribution < 1.29 is 13.2 Å². The van der Waals surface area contributed by atoms with E-state index in [9.17, 15) is 13.2 Å². The Morgan fingerprint density at radius 1 is 1.53 bits per heavy atom. The minimum atomic E-state index is -3.98. The highest BCUT2D eigenvalue weighted by Gasteiger charge is 2.36. The number of amides is 1. The quantitative estimate of drug-likeness (QED) is 0.618. The van der Waals surface area contributed by atoms with Crippen LogP contribution in [0.15, 0.2) is 4.90 Å². The van der Waals surface area contributed by atoms with Crippen molar-refractivity contribution in [1.29, 1.82) is 0 Å². The molecule has 0 spiro atoms. The molecule has 1 aliphatic carbocycles. The number of hydrogen-bond acceptors (Lipinski definition) is 4. The van der Waals surface area contributed by atoms with Crippen LogP contribution >= 0.6 is 10.7 Å². The highest BCUT2D eigenvalue weighted by molar-refractivity contribution is 8.13. The van der Waals surface area contributed by atoms with Crippen molar-refractivity contribution in [1.82, 2.24) is 15.5 Å². The predicted octanol–water partition coefficient (Wildman–Crippen LogP) is 1.74. The summed E-state index contributed by atoms with van der Waals surface area (Å²) < 4.78 is 23.3. The first kappa shape index (κ1) is 14.3. The van der Waals surface area contributed by atoms with Gasteiger partial charge in [0.05, 0.1) is 5.69 Å². The fourth-order valence-corrected chi connectivity index (χ4v) is 3.17. The van der Waals surface area contributed by atoms with Crippen LogP contribution in [0.2, 0.25) is 0 Å². The number of unbranched alkanes of at least 4 members (excludes halogenated alkanes) is 1. The molecule has 0 aromatic carbocycles. The van der Waals surface area contributed by atoms with E-state index in [1.54, 1.807) is 0 Å². The van der Waals surface area contributed by atoms with E-state index in [0.29, 0.717) is 12.2 Å². The Hall–Kier alpha value is -1.08. The number of nitrogens with zero attached hydrogens (tertiary/aromatic N) is 1. The topological polar surface area (TPSA) is 91.9 Å². The smallest absolute Gasteiger partial charge is 0.273 e. The summed E-state index contributed by atoms with van der Waals surface area (Å²) in [6.45, 7) is 2.49. The summed E-state index contributed by atoms with van der Waals surface area (Å²) >= 11 is 0. The van der Waals surface area contributed by atoms with Gasteiger partial charge >= 0.3 is 0 Å². The van der Waals surface area contributed by atoms with E-state index in [4.69, 9.17) is 10.7 Å². The van der Waals surface area contributed by atoms with Crippen LogP contribution in [0.5, 0.6) is 0 Å². The molecule has 0 aliphatic heterocycles. The number of H-pyrrole nitrogens is 1. The minimum Gasteiger partial charge on any atom is -0.351 e. The van der Waals surface area contributed by atoms with Crippen LogP contribution in [0, 0.1) is 0 Å². The monoisotopic (exact) mass is 305 g/mol. The lowest BCUT2D eigenvalue weighted by Crippen LogP contribution is -2.26. The van der Waals surface area contributed by atoms with Crippen molar-refractivity contribution in [2.75, 3.05) is 6.54 Å². The molecule has 6 nitrogen and oxygen atoms in total. The Balaban J connectivity index is 2.27. The van der Waals surface area contributed by atoms with Crippen LogP contribution in [0.25, 0.3) is 0 Å². The molecule has 1 heterocycles. The van der Waals surface area contributed by atoms with Crippen LogP contribution in [0.1, 0.15) is 54.7 Å². The number of nitrogens with one attached hydrogen (secondary N) is 2. The Morgan fingerprint density at radius 2 is 2.21 bits per heavy atom. The van der Waals surface area contributed by atoms with E-state index in [0.717, 1.165) is 25.7 Å². The predicted molar refractivity (Wildman–Crippen MR) is 70.8 cm³/mol. The molecule has 106 valence electrons. The van der Waals surface area contributed by atoms with Gasteiger partial charge in [-0.1, -0.05) is 13.3 Å². The van der Waals surface area contributed by atoms with E-state index < -0.39 is 15.0 Å². The van der Waals surface area contributed by atoms with Gasteiger partial charge in [-0.15, -0.1) is 0 Å². The summed E-state index contributed by atoms with van der Waals surface area (Å²) in [5, 5.41) is 9.10. The molecule has 2 rings (SSSR count). The van der Waals surface area contributed by atoms with Gasteiger partial charge in [-0.05, 0) is 19.3 Å². The van der Waals surface area contributed by atoms with Crippen molar-refractivity contribution in [2.45, 2.75) is 43.4 Å². The molecule has 0 atom stereocenters. The van der Waals surface area contributed by atoms with Gasteiger partial charge in [0.15, 0.2) is 5.69 Å². The Labute approximate surface area is 116 Å². The minimum absolute atomic E-state index is 0.119. The number of halogens is 1. The Bertz CT molecular complexity index is 578. The summed E-state index contributed by atoms with van der Waals surface area (Å²) in [6, 6.07) is 0. The van der Waals surface area contributed by atoms with Crippen molar-refractivity contribution in [2.24, 2.45) is 0 Å². The molecule has 19 heavy (non-hydrogen) atoms. The second kappa shape index (κ2) is 5.50. The van der Waals surface area contributed by atoms with E-state index in [1.165, 1.54) is 0 Å². The third-order valence-corrected chi connectivity index (χ3v) is 4.37. The van der Waals surface area contributed by atoms with Gasteiger partial charge in [0.1, 0.15) is 4.90 Å². The first-order valence-electron chi connectivity index (χ1n) is 6.26. The van der Waals surface area contributed by atoms with Crippen LogP contribution in [0.4, 0.5) is 0 Å². The number of aromatic nitrogens is 2. The molecule has 0 unspecified atom stereocenters. The van der Waals surface area contributed by atoms with Crippen molar-refractivity contribution in [3.63, 3.8) is 0 Å². The molecular formula is C11H16ClN3O3S. The number of carbonyl (C=O) groups excluding carboxylic acids is 1. The molecule has 1 saturated carbocycles. The summed E-state index contributed by atoms with van der Waals surface area (Å²) in [4.78, 5) is 11.8. The zero-order valence-corrected chi connectivity index (χ0v) is 12.1. The van der Waals surface area contributed by atoms with Crippen molar-refractivity contribution in [3.8, 4) is 0 Å². The lowest BCUT2D eigenvalue weighted by Gasteiger charge is -2.03. The molecule has 0 saturated heterocycles. The first-order chi connectivity index (χ1) is 8.95. The third-order valence-electron chi connectivity index (χ3n) is 3.01. The number of aromatic amines is 1. The largest absolute Gasteiger partial charge is 0.351 e. The van der Waals surface area contributed by atoms with E-state index in [2.05, 4.69) is 15.5 Å². The SMILES string of the molecule is CCCCNC(=O)c1n[nH]c(C2CC2)c1S(=O)(=O)Cl. The molecule has 8 heteroatoms. The van der Waals surface area contributed by atoms with Gasteiger partial charge in [-0.3, -0.25) is 9.89 Å². The maximum Gasteiger partial charge on any atom is 0.273 e. The molecule has 1 aromatic rings. The van der Waals surface area contributed by atoms with E-state index >= 15 is 0 Å². The standard InChI is InChI=1S/C11H16ClN3O3S/c1-2-3-6-13-11(16)9-10(19(12,17)18)8(14-15-9)7-4-5-7/h7H,2-6H2,1H3,(H,13,16)(H,14,15).